The fourth-order valence-corrected chi connectivity index (χ4v) is 1.56. The Morgan fingerprint density at radius 1 is 1.43 bits per heavy atom. The topological polar surface area (TPSA) is 30.7 Å². The molecule has 3 heteroatoms. The monoisotopic (exact) mass is 195 g/mol. The molecule has 0 spiro atoms. The Labute approximate surface area is 86.5 Å². The van der Waals surface area contributed by atoms with E-state index in [1.165, 1.54) is 6.42 Å². The van der Waals surface area contributed by atoms with Crippen molar-refractivity contribution in [3.8, 4) is 0 Å². The molecule has 0 N–H and O–H groups in total. The molecule has 0 saturated carbocycles. The molecule has 0 aliphatic heterocycles. The first-order valence-corrected chi connectivity index (χ1v) is 5.40. The lowest BCUT2D eigenvalue weighted by molar-refractivity contribution is 0.286. The minimum atomic E-state index is 0.0922. The van der Waals surface area contributed by atoms with Crippen LogP contribution >= 0.6 is 0 Å². The molecule has 3 nitrogen and oxygen atoms in total. The minimum absolute atomic E-state index is 0.0922. The van der Waals surface area contributed by atoms with Crippen molar-refractivity contribution in [2.24, 2.45) is 0 Å². The Balaban J connectivity index is 2.85. The van der Waals surface area contributed by atoms with Crippen molar-refractivity contribution in [2.45, 2.75) is 58.9 Å². The van der Waals surface area contributed by atoms with Gasteiger partial charge in [0.05, 0.1) is 11.2 Å². The van der Waals surface area contributed by atoms with Gasteiger partial charge in [-0.25, -0.2) is 4.68 Å². The van der Waals surface area contributed by atoms with Gasteiger partial charge in [0.2, 0.25) is 0 Å². The van der Waals surface area contributed by atoms with Crippen LogP contribution < -0.4 is 0 Å². The van der Waals surface area contributed by atoms with Crippen molar-refractivity contribution in [3.63, 3.8) is 0 Å². The van der Waals surface area contributed by atoms with Crippen molar-refractivity contribution >= 4 is 0 Å². The molecule has 14 heavy (non-hydrogen) atoms. The van der Waals surface area contributed by atoms with Crippen molar-refractivity contribution in [3.05, 3.63) is 11.9 Å². The van der Waals surface area contributed by atoms with Crippen LogP contribution in [0.2, 0.25) is 0 Å². The van der Waals surface area contributed by atoms with Crippen LogP contribution in [0.25, 0.3) is 0 Å². The summed E-state index contributed by atoms with van der Waals surface area (Å²) in [6, 6.07) is 0. The largest absolute Gasteiger partial charge is 0.247 e. The van der Waals surface area contributed by atoms with Gasteiger partial charge in [0.25, 0.3) is 0 Å². The smallest absolute Gasteiger partial charge is 0.0852 e. The maximum absolute atomic E-state index is 4.19. The number of hydrogen-bond donors (Lipinski definition) is 0. The van der Waals surface area contributed by atoms with E-state index in [9.17, 15) is 0 Å². The summed E-state index contributed by atoms with van der Waals surface area (Å²) in [4.78, 5) is 0. The second kappa shape index (κ2) is 4.11. The van der Waals surface area contributed by atoms with E-state index in [-0.39, 0.29) is 5.54 Å². The molecule has 1 aromatic rings. The highest BCUT2D eigenvalue weighted by Gasteiger charge is 2.21. The average Bonchev–Trinajstić information content (AvgIpc) is 2.51. The maximum atomic E-state index is 4.19. The molecular formula is C11H21N3. The van der Waals surface area contributed by atoms with Crippen LogP contribution in [0, 0.1) is 0 Å². The standard InChI is InChI=1S/C11H21N3/c1-6-7-11(4,5)14-8-10(9(2)3)12-13-14/h8-9H,6-7H2,1-5H3. The van der Waals surface area contributed by atoms with E-state index in [0.717, 1.165) is 12.1 Å². The molecule has 0 aliphatic rings. The first-order valence-electron chi connectivity index (χ1n) is 5.40. The Kier molecular flexibility index (Phi) is 3.29. The zero-order valence-corrected chi connectivity index (χ0v) is 9.91. The zero-order chi connectivity index (χ0) is 10.8. The van der Waals surface area contributed by atoms with Gasteiger partial charge in [0.1, 0.15) is 0 Å². The summed E-state index contributed by atoms with van der Waals surface area (Å²) in [5.74, 6) is 0.459. The van der Waals surface area contributed by atoms with E-state index in [4.69, 9.17) is 0 Å². The number of aromatic nitrogens is 3. The van der Waals surface area contributed by atoms with E-state index in [2.05, 4.69) is 51.1 Å². The predicted octanol–water partition coefficient (Wildman–Crippen LogP) is 2.94. The molecule has 0 aliphatic carbocycles. The zero-order valence-electron chi connectivity index (χ0n) is 9.91. The number of rotatable bonds is 4. The molecule has 0 radical (unpaired) electrons. The van der Waals surface area contributed by atoms with Crippen LogP contribution in [0.3, 0.4) is 0 Å². The minimum Gasteiger partial charge on any atom is -0.247 e. The second-order valence-corrected chi connectivity index (χ2v) is 4.81. The third-order valence-corrected chi connectivity index (χ3v) is 2.58. The van der Waals surface area contributed by atoms with Gasteiger partial charge in [-0.2, -0.15) is 0 Å². The van der Waals surface area contributed by atoms with Gasteiger partial charge >= 0.3 is 0 Å². The van der Waals surface area contributed by atoms with Gasteiger partial charge in [0, 0.05) is 6.20 Å². The summed E-state index contributed by atoms with van der Waals surface area (Å²) >= 11 is 0. The Morgan fingerprint density at radius 2 is 2.07 bits per heavy atom. The van der Waals surface area contributed by atoms with E-state index in [0.29, 0.717) is 5.92 Å². The van der Waals surface area contributed by atoms with Crippen LogP contribution in [0.4, 0.5) is 0 Å². The molecule has 80 valence electrons. The Morgan fingerprint density at radius 3 is 2.50 bits per heavy atom. The van der Waals surface area contributed by atoms with Crippen molar-refractivity contribution in [2.75, 3.05) is 0 Å². The molecule has 1 heterocycles. The quantitative estimate of drug-likeness (QED) is 0.739. The van der Waals surface area contributed by atoms with Crippen molar-refractivity contribution in [1.29, 1.82) is 0 Å². The average molecular weight is 195 g/mol. The van der Waals surface area contributed by atoms with Gasteiger partial charge < -0.3 is 0 Å². The van der Waals surface area contributed by atoms with E-state index < -0.39 is 0 Å². The van der Waals surface area contributed by atoms with Crippen LogP contribution in [-0.4, -0.2) is 15.0 Å². The summed E-state index contributed by atoms with van der Waals surface area (Å²) in [6.45, 7) is 10.9. The first-order chi connectivity index (χ1) is 6.47. The van der Waals surface area contributed by atoms with Gasteiger partial charge in [-0.3, -0.25) is 0 Å². The lowest BCUT2D eigenvalue weighted by atomic mass is 9.99. The Hall–Kier alpha value is -0.860. The fraction of sp³-hybridized carbons (Fsp3) is 0.818. The molecule has 0 atom stereocenters. The molecule has 0 saturated heterocycles. The molecule has 0 amide bonds. The van der Waals surface area contributed by atoms with Gasteiger partial charge in [-0.15, -0.1) is 5.10 Å². The summed E-state index contributed by atoms with van der Waals surface area (Å²) in [7, 11) is 0. The molecule has 0 bridgehead atoms. The molecular weight excluding hydrogens is 174 g/mol. The first kappa shape index (κ1) is 11.2. The lowest BCUT2D eigenvalue weighted by Crippen LogP contribution is -2.26. The third kappa shape index (κ3) is 2.34. The number of nitrogens with zero attached hydrogens (tertiary/aromatic N) is 3. The van der Waals surface area contributed by atoms with E-state index in [1.807, 2.05) is 4.68 Å². The van der Waals surface area contributed by atoms with Crippen LogP contribution in [-0.2, 0) is 5.54 Å². The normalized spacial score (nSPS) is 12.4. The van der Waals surface area contributed by atoms with E-state index in [1.54, 1.807) is 0 Å². The molecule has 0 fully saturated rings. The van der Waals surface area contributed by atoms with Crippen LogP contribution in [0.5, 0.6) is 0 Å². The fourth-order valence-electron chi connectivity index (χ4n) is 1.56. The summed E-state index contributed by atoms with van der Waals surface area (Å²) in [5, 5.41) is 8.37. The SMILES string of the molecule is CCCC(C)(C)n1cc(C(C)C)nn1. The Bertz CT molecular complexity index is 286. The summed E-state index contributed by atoms with van der Waals surface area (Å²) < 4.78 is 1.99. The van der Waals surface area contributed by atoms with Crippen LogP contribution in [0.1, 0.15) is 59.1 Å². The van der Waals surface area contributed by atoms with Gasteiger partial charge in [-0.05, 0) is 26.2 Å². The summed E-state index contributed by atoms with van der Waals surface area (Å²) in [6.07, 6.45) is 4.37. The van der Waals surface area contributed by atoms with Crippen LogP contribution in [0.15, 0.2) is 6.20 Å². The number of hydrogen-bond acceptors (Lipinski definition) is 2. The van der Waals surface area contributed by atoms with Crippen molar-refractivity contribution < 1.29 is 0 Å². The van der Waals surface area contributed by atoms with Gasteiger partial charge in [-0.1, -0.05) is 32.4 Å². The highest BCUT2D eigenvalue weighted by atomic mass is 15.4. The molecule has 1 aromatic heterocycles. The summed E-state index contributed by atoms with van der Waals surface area (Å²) in [5.41, 5.74) is 1.17. The lowest BCUT2D eigenvalue weighted by Gasteiger charge is -2.23. The molecule has 1 rings (SSSR count). The predicted molar refractivity (Wildman–Crippen MR) is 58.3 cm³/mol. The van der Waals surface area contributed by atoms with Crippen molar-refractivity contribution in [1.82, 2.24) is 15.0 Å². The maximum Gasteiger partial charge on any atom is 0.0852 e. The van der Waals surface area contributed by atoms with E-state index >= 15 is 0 Å². The molecule has 0 unspecified atom stereocenters. The van der Waals surface area contributed by atoms with Gasteiger partial charge in [0.15, 0.2) is 0 Å². The molecule has 0 aromatic carbocycles. The highest BCUT2D eigenvalue weighted by molar-refractivity contribution is 5.00. The third-order valence-electron chi connectivity index (χ3n) is 2.58. The second-order valence-electron chi connectivity index (χ2n) is 4.81. The highest BCUT2D eigenvalue weighted by Crippen LogP contribution is 2.21.